The van der Waals surface area contributed by atoms with E-state index in [2.05, 4.69) is 9.69 Å². The van der Waals surface area contributed by atoms with Crippen LogP contribution in [0, 0.1) is 47.4 Å². The molecule has 3 aromatic carbocycles. The number of allylic oxidation sites excluding steroid dienone is 3. The fraction of sp³-hybridized carbons (Fsp3) is 0.125. The van der Waals surface area contributed by atoms with Crippen molar-refractivity contribution in [3.63, 3.8) is 0 Å². The Kier molecular flexibility index (Phi) is 8.44. The zero-order valence-corrected chi connectivity index (χ0v) is 25.0. The highest BCUT2D eigenvalue weighted by Crippen LogP contribution is 2.41. The molecule has 1 atom stereocenters. The molecule has 0 saturated heterocycles. The predicted octanol–water partition coefficient (Wildman–Crippen LogP) is 4.88. The first kappa shape index (κ1) is 32.9. The topological polar surface area (TPSA) is 128 Å². The summed E-state index contributed by atoms with van der Waals surface area (Å²) in [6.45, 7) is 15.1. The lowest BCUT2D eigenvalue weighted by Gasteiger charge is -2.17. The second-order valence-corrected chi connectivity index (χ2v) is 13.0. The third-order valence-electron chi connectivity index (χ3n) is 7.66. The van der Waals surface area contributed by atoms with Crippen LogP contribution >= 0.6 is 0 Å². The van der Waals surface area contributed by atoms with E-state index in [0.29, 0.717) is 0 Å². The Hall–Kier alpha value is -5.45. The minimum absolute atomic E-state index is 0.0758. The molecular formula is C32H15F5N4O4S2. The number of sulfone groups is 1. The fourth-order valence-corrected chi connectivity index (χ4v) is 7.78. The van der Waals surface area contributed by atoms with Gasteiger partial charge in [-0.15, -0.1) is 0 Å². The second kappa shape index (κ2) is 12.1. The lowest BCUT2D eigenvalue weighted by atomic mass is 9.94. The first-order chi connectivity index (χ1) is 22.2. The van der Waals surface area contributed by atoms with Crippen LogP contribution in [0.1, 0.15) is 27.8 Å². The maximum Gasteiger partial charge on any atom is 0.523 e. The summed E-state index contributed by atoms with van der Waals surface area (Å²) in [7, 11) is -6.37. The molecule has 0 spiro atoms. The number of rotatable bonds is 5. The average Bonchev–Trinajstić information content (AvgIpc) is 3.57. The molecule has 0 amide bonds. The summed E-state index contributed by atoms with van der Waals surface area (Å²) >= 11 is -2.74. The molecule has 1 N–H and O–H groups in total. The van der Waals surface area contributed by atoms with E-state index in [1.807, 2.05) is 0 Å². The molecule has 2 aliphatic carbocycles. The van der Waals surface area contributed by atoms with Crippen LogP contribution in [-0.2, 0) is 39.5 Å². The summed E-state index contributed by atoms with van der Waals surface area (Å²) < 4.78 is 123. The first-order valence-electron chi connectivity index (χ1n) is 13.1. The van der Waals surface area contributed by atoms with Gasteiger partial charge < -0.3 is 4.55 Å². The van der Waals surface area contributed by atoms with Crippen molar-refractivity contribution >= 4 is 32.1 Å². The van der Waals surface area contributed by atoms with E-state index in [1.54, 1.807) is 12.1 Å². The van der Waals surface area contributed by atoms with Crippen molar-refractivity contribution in [1.29, 1.82) is 10.5 Å². The number of hydrogen-bond donors (Lipinski definition) is 1. The Morgan fingerprint density at radius 1 is 0.894 bits per heavy atom. The Balaban J connectivity index is 2.25. The van der Waals surface area contributed by atoms with Crippen molar-refractivity contribution < 1.29 is 39.1 Å². The summed E-state index contributed by atoms with van der Waals surface area (Å²) in [5.41, 5.74) is -9.03. The number of alkyl halides is 3. The number of halogens is 5. The van der Waals surface area contributed by atoms with Crippen molar-refractivity contribution in [3.05, 3.63) is 144 Å². The zero-order valence-electron chi connectivity index (χ0n) is 23.4. The Morgan fingerprint density at radius 2 is 1.40 bits per heavy atom. The Bertz CT molecular complexity index is 2410. The fourth-order valence-electron chi connectivity index (χ4n) is 5.99. The lowest BCUT2D eigenvalue weighted by molar-refractivity contribution is -0.0437. The van der Waals surface area contributed by atoms with Gasteiger partial charge in [-0.1, -0.05) is 24.3 Å². The molecule has 15 heteroatoms. The molecule has 8 nitrogen and oxygen atoms in total. The first-order valence-corrected chi connectivity index (χ1v) is 15.8. The molecule has 0 aliphatic heterocycles. The van der Waals surface area contributed by atoms with Crippen LogP contribution in [0.3, 0.4) is 0 Å². The van der Waals surface area contributed by atoms with E-state index in [-0.39, 0.29) is 49.8 Å². The highest BCUT2D eigenvalue weighted by Gasteiger charge is 2.51. The van der Waals surface area contributed by atoms with Gasteiger partial charge in [0.25, 0.3) is 9.84 Å². The minimum Gasteiger partial charge on any atom is -0.306 e. The van der Waals surface area contributed by atoms with Crippen LogP contribution < -0.4 is 10.4 Å². The van der Waals surface area contributed by atoms with Crippen LogP contribution in [0.2, 0.25) is 0 Å². The molecule has 234 valence electrons. The SMILES string of the molecule is [C-]#[N+]C([N+]#[C-])=C1Cc2c(CS(=O)O)c3c(c(S(=O)(=O)C(F)(F)F)c2=C1c1cccc(F)c1)CC(=C(C#N)C#N)C=3c1cccc(F)c1. The molecular weight excluding hydrogens is 663 g/mol. The van der Waals surface area contributed by atoms with Gasteiger partial charge in [0, 0.05) is 11.6 Å². The molecule has 3 aromatic rings. The maximum absolute atomic E-state index is 14.6. The summed E-state index contributed by atoms with van der Waals surface area (Å²) in [6.07, 6.45) is -1.37. The molecule has 0 saturated carbocycles. The van der Waals surface area contributed by atoms with Gasteiger partial charge in [0.15, 0.2) is 11.1 Å². The van der Waals surface area contributed by atoms with Gasteiger partial charge in [0.05, 0.1) is 16.2 Å². The Morgan fingerprint density at radius 3 is 1.85 bits per heavy atom. The summed E-state index contributed by atoms with van der Waals surface area (Å²) in [4.78, 5) is 4.97. The van der Waals surface area contributed by atoms with Gasteiger partial charge in [0.1, 0.15) is 42.5 Å². The summed E-state index contributed by atoms with van der Waals surface area (Å²) in [5.74, 6) is -3.21. The van der Waals surface area contributed by atoms with Gasteiger partial charge in [-0.05, 0) is 80.4 Å². The molecule has 47 heavy (non-hydrogen) atoms. The van der Waals surface area contributed by atoms with E-state index >= 15 is 0 Å². The quantitative estimate of drug-likeness (QED) is 0.177. The second-order valence-electron chi connectivity index (χ2n) is 10.2. The maximum atomic E-state index is 14.6. The van der Waals surface area contributed by atoms with Crippen LogP contribution in [-0.4, -0.2) is 22.7 Å². The van der Waals surface area contributed by atoms with E-state index in [0.717, 1.165) is 24.3 Å². The zero-order chi connectivity index (χ0) is 34.4. The number of benzene rings is 3. The molecule has 2 aliphatic rings. The molecule has 0 fully saturated rings. The standard InChI is InChI=1S/C32H15F5N4O4S2/c1-40-31(41-2)24-12-22-25(15-46(42)43)28-23(11-21(18(13-38)14-39)26(28)16-5-3-7-19(33)9-16)30(47(44,45)32(35,36)37)29(22)27(24)17-6-4-8-20(34)10-17/h3-10H,11-12,15H2,(H,42,43). The third-order valence-corrected chi connectivity index (χ3v) is 9.79. The molecule has 0 aromatic heterocycles. The van der Waals surface area contributed by atoms with Crippen LogP contribution in [0.4, 0.5) is 22.0 Å². The largest absolute Gasteiger partial charge is 0.523 e. The number of nitrogens with zero attached hydrogens (tertiary/aromatic N) is 4. The van der Waals surface area contributed by atoms with Crippen molar-refractivity contribution in [1.82, 2.24) is 0 Å². The normalized spacial score (nSPS) is 14.4. The van der Waals surface area contributed by atoms with E-state index in [4.69, 9.17) is 13.1 Å². The van der Waals surface area contributed by atoms with Crippen LogP contribution in [0.25, 0.3) is 20.8 Å². The van der Waals surface area contributed by atoms with Crippen molar-refractivity contribution in [2.75, 3.05) is 0 Å². The van der Waals surface area contributed by atoms with E-state index in [1.165, 1.54) is 24.3 Å². The molecule has 5 rings (SSSR count). The van der Waals surface area contributed by atoms with Gasteiger partial charge in [-0.25, -0.2) is 21.4 Å². The third kappa shape index (κ3) is 5.41. The minimum atomic E-state index is -6.37. The molecule has 0 bridgehead atoms. The number of nitriles is 2. The summed E-state index contributed by atoms with van der Waals surface area (Å²) in [5, 5.41) is 18.6. The van der Waals surface area contributed by atoms with Crippen LogP contribution in [0.15, 0.2) is 76.0 Å². The van der Waals surface area contributed by atoms with Crippen molar-refractivity contribution in [3.8, 4) is 12.1 Å². The van der Waals surface area contributed by atoms with Gasteiger partial charge >= 0.3 is 11.3 Å². The van der Waals surface area contributed by atoms with Crippen LogP contribution in [0.5, 0.6) is 0 Å². The molecule has 0 heterocycles. The highest BCUT2D eigenvalue weighted by atomic mass is 32.2. The highest BCUT2D eigenvalue weighted by molar-refractivity contribution is 7.92. The predicted molar refractivity (Wildman–Crippen MR) is 157 cm³/mol. The monoisotopic (exact) mass is 678 g/mol. The van der Waals surface area contributed by atoms with E-state index in [9.17, 15) is 49.7 Å². The lowest BCUT2D eigenvalue weighted by Crippen LogP contribution is -2.36. The van der Waals surface area contributed by atoms with E-state index < -0.39 is 83.7 Å². The number of fused-ring (bicyclic) bond motifs is 2. The summed E-state index contributed by atoms with van der Waals surface area (Å²) in [6, 6.07) is 12.1. The number of hydrogen-bond acceptors (Lipinski definition) is 5. The molecule has 1 unspecified atom stereocenters. The smallest absolute Gasteiger partial charge is 0.306 e. The van der Waals surface area contributed by atoms with Crippen molar-refractivity contribution in [2.45, 2.75) is 29.0 Å². The Labute approximate surface area is 266 Å². The van der Waals surface area contributed by atoms with Crippen molar-refractivity contribution in [2.24, 2.45) is 0 Å². The van der Waals surface area contributed by atoms with Gasteiger partial charge in [0.2, 0.25) is 0 Å². The molecule has 0 radical (unpaired) electrons. The average molecular weight is 679 g/mol. The van der Waals surface area contributed by atoms with Gasteiger partial charge in [-0.3, -0.25) is 0 Å². The van der Waals surface area contributed by atoms with Gasteiger partial charge in [-0.2, -0.15) is 33.4 Å².